The van der Waals surface area contributed by atoms with E-state index in [0.29, 0.717) is 28.0 Å². The van der Waals surface area contributed by atoms with Gasteiger partial charge in [-0.25, -0.2) is 14.4 Å². The molecule has 0 unspecified atom stereocenters. The minimum atomic E-state index is -1.10. The lowest BCUT2D eigenvalue weighted by Crippen LogP contribution is -2.30. The third-order valence-electron chi connectivity index (χ3n) is 4.56. The van der Waals surface area contributed by atoms with Crippen LogP contribution in [0.4, 0.5) is 5.69 Å². The van der Waals surface area contributed by atoms with Crippen LogP contribution in [-0.4, -0.2) is 45.5 Å². The number of anilines is 1. The summed E-state index contributed by atoms with van der Waals surface area (Å²) in [5.41, 5.74) is 2.41. The molecule has 2 aromatic heterocycles. The zero-order valence-corrected chi connectivity index (χ0v) is 17.0. The molecule has 0 saturated heterocycles. The first-order valence-electron chi connectivity index (χ1n) is 9.31. The quantitative estimate of drug-likeness (QED) is 0.455. The number of fused-ring (bicyclic) bond motifs is 1. The lowest BCUT2D eigenvalue weighted by atomic mass is 10.1. The number of aryl methyl sites for hydroxylation is 1. The van der Waals surface area contributed by atoms with Gasteiger partial charge < -0.3 is 29.7 Å². The van der Waals surface area contributed by atoms with E-state index in [9.17, 15) is 19.2 Å². The minimum Gasteiger partial charge on any atom is -0.461 e. The Kier molecular flexibility index (Phi) is 5.77. The van der Waals surface area contributed by atoms with Gasteiger partial charge in [-0.3, -0.25) is 4.79 Å². The molecule has 0 aliphatic carbocycles. The van der Waals surface area contributed by atoms with Crippen molar-refractivity contribution in [3.05, 3.63) is 51.2 Å². The zero-order chi connectivity index (χ0) is 22.0. The van der Waals surface area contributed by atoms with E-state index in [1.807, 2.05) is 0 Å². The molecule has 0 saturated carbocycles. The normalized spacial score (nSPS) is 11.9. The number of ether oxygens (including phenoxy) is 2. The van der Waals surface area contributed by atoms with E-state index < -0.39 is 23.9 Å². The number of amides is 1. The van der Waals surface area contributed by atoms with Crippen LogP contribution in [0, 0.1) is 13.8 Å². The van der Waals surface area contributed by atoms with E-state index in [1.165, 1.54) is 6.92 Å². The monoisotopic (exact) mass is 414 g/mol. The number of carbonyl (C=O) groups excluding carboxylic acids is 3. The van der Waals surface area contributed by atoms with Crippen LogP contribution in [0.5, 0.6) is 0 Å². The summed E-state index contributed by atoms with van der Waals surface area (Å²) in [6.07, 6.45) is -1.10. The summed E-state index contributed by atoms with van der Waals surface area (Å²) >= 11 is 0. The number of nitrogens with one attached hydrogen (secondary N) is 4. The molecule has 158 valence electrons. The maximum atomic E-state index is 12.6. The molecule has 10 heteroatoms. The van der Waals surface area contributed by atoms with E-state index in [0.717, 1.165) is 0 Å². The van der Waals surface area contributed by atoms with Crippen molar-refractivity contribution >= 4 is 34.6 Å². The fourth-order valence-electron chi connectivity index (χ4n) is 3.09. The standard InChI is InChI=1S/C20H22N4O6/c1-5-29-19(27)16-9(2)15(10(3)21-16)18(26)30-11(4)17(25)22-12-6-7-13-14(8-12)24-20(28)23-13/h6-8,11,21H,5H2,1-4H3,(H,22,25)(H2,23,24,28)/t11-/m0/s1. The number of esters is 2. The molecule has 1 aromatic carbocycles. The number of imidazole rings is 1. The van der Waals surface area contributed by atoms with Gasteiger partial charge in [-0.2, -0.15) is 0 Å². The van der Waals surface area contributed by atoms with Crippen molar-refractivity contribution in [2.45, 2.75) is 33.8 Å². The van der Waals surface area contributed by atoms with Crippen LogP contribution >= 0.6 is 0 Å². The Morgan fingerprint density at radius 1 is 1.07 bits per heavy atom. The number of benzene rings is 1. The van der Waals surface area contributed by atoms with E-state index >= 15 is 0 Å². The molecule has 0 aliphatic rings. The minimum absolute atomic E-state index is 0.173. The molecule has 1 atom stereocenters. The molecule has 3 aromatic rings. The highest BCUT2D eigenvalue weighted by molar-refractivity contribution is 6.01. The Bertz CT molecular complexity index is 1190. The van der Waals surface area contributed by atoms with Crippen LogP contribution in [0.3, 0.4) is 0 Å². The number of hydrogen-bond donors (Lipinski definition) is 4. The topological polar surface area (TPSA) is 146 Å². The van der Waals surface area contributed by atoms with Gasteiger partial charge in [0, 0.05) is 11.4 Å². The molecule has 0 fully saturated rings. The number of hydrogen-bond acceptors (Lipinski definition) is 6. The maximum absolute atomic E-state index is 12.6. The molecule has 30 heavy (non-hydrogen) atoms. The van der Waals surface area contributed by atoms with E-state index in [4.69, 9.17) is 9.47 Å². The molecule has 4 N–H and O–H groups in total. The Balaban J connectivity index is 1.70. The SMILES string of the molecule is CCOC(=O)c1[nH]c(C)c(C(=O)O[C@@H](C)C(=O)Nc2ccc3[nH]c(=O)[nH]c3c2)c1C. The van der Waals surface area contributed by atoms with Crippen molar-refractivity contribution in [3.8, 4) is 0 Å². The first kappa shape index (κ1) is 20.9. The summed E-state index contributed by atoms with van der Waals surface area (Å²) in [5, 5.41) is 2.64. The first-order valence-corrected chi connectivity index (χ1v) is 9.31. The lowest BCUT2D eigenvalue weighted by molar-refractivity contribution is -0.123. The molecule has 0 aliphatic heterocycles. The third-order valence-corrected chi connectivity index (χ3v) is 4.56. The van der Waals surface area contributed by atoms with Crippen molar-refractivity contribution in [1.29, 1.82) is 0 Å². The molecular formula is C20H22N4O6. The Hall–Kier alpha value is -3.82. The van der Waals surface area contributed by atoms with Gasteiger partial charge in [-0.15, -0.1) is 0 Å². The second-order valence-corrected chi connectivity index (χ2v) is 6.72. The molecule has 3 rings (SSSR count). The van der Waals surface area contributed by atoms with Gasteiger partial charge in [0.1, 0.15) is 5.69 Å². The first-order chi connectivity index (χ1) is 14.2. The van der Waals surface area contributed by atoms with Gasteiger partial charge in [0.25, 0.3) is 5.91 Å². The highest BCUT2D eigenvalue weighted by atomic mass is 16.5. The zero-order valence-electron chi connectivity index (χ0n) is 17.0. The summed E-state index contributed by atoms with van der Waals surface area (Å²) in [4.78, 5) is 56.4. The third kappa shape index (κ3) is 4.12. The van der Waals surface area contributed by atoms with E-state index in [-0.39, 0.29) is 23.6 Å². The fraction of sp³-hybridized carbons (Fsp3) is 0.300. The number of aromatic nitrogens is 3. The lowest BCUT2D eigenvalue weighted by Gasteiger charge is -2.14. The largest absolute Gasteiger partial charge is 0.461 e. The molecular weight excluding hydrogens is 392 g/mol. The highest BCUT2D eigenvalue weighted by Gasteiger charge is 2.26. The van der Waals surface area contributed by atoms with Crippen LogP contribution in [0.1, 0.15) is 46.0 Å². The number of aromatic amines is 3. The van der Waals surface area contributed by atoms with Crippen LogP contribution < -0.4 is 11.0 Å². The average molecular weight is 414 g/mol. The molecule has 0 bridgehead atoms. The van der Waals surface area contributed by atoms with Crippen molar-refractivity contribution in [2.75, 3.05) is 11.9 Å². The summed E-state index contributed by atoms with van der Waals surface area (Å²) in [6.45, 7) is 6.56. The maximum Gasteiger partial charge on any atom is 0.355 e. The van der Waals surface area contributed by atoms with E-state index in [1.54, 1.807) is 39.0 Å². The number of rotatable bonds is 6. The Morgan fingerprint density at radius 2 is 1.77 bits per heavy atom. The predicted octanol–water partition coefficient (Wildman–Crippen LogP) is 2.16. The van der Waals surface area contributed by atoms with Crippen molar-refractivity contribution in [2.24, 2.45) is 0 Å². The number of carbonyl (C=O) groups is 3. The van der Waals surface area contributed by atoms with Gasteiger partial charge >= 0.3 is 17.6 Å². The van der Waals surface area contributed by atoms with Gasteiger partial charge in [-0.1, -0.05) is 0 Å². The molecule has 2 heterocycles. The van der Waals surface area contributed by atoms with Crippen molar-refractivity contribution in [3.63, 3.8) is 0 Å². The van der Waals surface area contributed by atoms with Gasteiger partial charge in [-0.05, 0) is 51.5 Å². The molecule has 0 spiro atoms. The van der Waals surface area contributed by atoms with Crippen LogP contribution in [0.2, 0.25) is 0 Å². The molecule has 1 amide bonds. The second kappa shape index (κ2) is 8.27. The second-order valence-electron chi connectivity index (χ2n) is 6.72. The van der Waals surface area contributed by atoms with Crippen LogP contribution in [-0.2, 0) is 14.3 Å². The van der Waals surface area contributed by atoms with Gasteiger partial charge in [0.15, 0.2) is 6.10 Å². The number of H-pyrrole nitrogens is 3. The molecule has 10 nitrogen and oxygen atoms in total. The highest BCUT2D eigenvalue weighted by Crippen LogP contribution is 2.21. The average Bonchev–Trinajstić information content (AvgIpc) is 3.19. The summed E-state index contributed by atoms with van der Waals surface area (Å²) in [6, 6.07) is 4.85. The Morgan fingerprint density at radius 3 is 2.47 bits per heavy atom. The van der Waals surface area contributed by atoms with Gasteiger partial charge in [0.2, 0.25) is 0 Å². The van der Waals surface area contributed by atoms with Gasteiger partial charge in [0.05, 0.1) is 23.2 Å². The fourth-order valence-corrected chi connectivity index (χ4v) is 3.09. The summed E-state index contributed by atoms with van der Waals surface area (Å²) < 4.78 is 10.3. The smallest absolute Gasteiger partial charge is 0.355 e. The summed E-state index contributed by atoms with van der Waals surface area (Å²) in [5.74, 6) is -1.84. The Labute approximate surface area is 171 Å². The van der Waals surface area contributed by atoms with Crippen LogP contribution in [0.15, 0.2) is 23.0 Å². The van der Waals surface area contributed by atoms with Crippen LogP contribution in [0.25, 0.3) is 11.0 Å². The predicted molar refractivity (Wildman–Crippen MR) is 109 cm³/mol. The summed E-state index contributed by atoms with van der Waals surface area (Å²) in [7, 11) is 0. The van der Waals surface area contributed by atoms with Crippen molar-refractivity contribution in [1.82, 2.24) is 15.0 Å². The van der Waals surface area contributed by atoms with Crippen molar-refractivity contribution < 1.29 is 23.9 Å². The molecule has 0 radical (unpaired) electrons. The van der Waals surface area contributed by atoms with E-state index in [2.05, 4.69) is 20.3 Å².